The highest BCUT2D eigenvalue weighted by Crippen LogP contribution is 2.46. The number of thioether (sulfide) groups is 1. The number of imide groups is 1. The molecule has 1 unspecified atom stereocenters. The zero-order valence-corrected chi connectivity index (χ0v) is 17.8. The van der Waals surface area contributed by atoms with Crippen LogP contribution < -0.4 is 9.64 Å². The van der Waals surface area contributed by atoms with Gasteiger partial charge in [0.2, 0.25) is 0 Å². The van der Waals surface area contributed by atoms with Gasteiger partial charge in [-0.2, -0.15) is 0 Å². The Labute approximate surface area is 165 Å². The van der Waals surface area contributed by atoms with Crippen molar-refractivity contribution in [3.63, 3.8) is 0 Å². The maximum atomic E-state index is 12.5. The summed E-state index contributed by atoms with van der Waals surface area (Å²) in [5, 5.41) is -0.210. The molecule has 5 nitrogen and oxygen atoms in total. The first-order valence-electron chi connectivity index (χ1n) is 9.48. The molecule has 1 atom stereocenters. The number of anilines is 1. The van der Waals surface area contributed by atoms with Crippen molar-refractivity contribution in [2.45, 2.75) is 52.5 Å². The molecule has 2 aliphatic rings. The van der Waals surface area contributed by atoms with Gasteiger partial charge in [0, 0.05) is 35.9 Å². The molecule has 1 aromatic rings. The first kappa shape index (κ1) is 19.8. The summed E-state index contributed by atoms with van der Waals surface area (Å²) in [6.45, 7) is 12.1. The number of hydrogen-bond acceptors (Lipinski definition) is 5. The fourth-order valence-electron chi connectivity index (χ4n) is 4.33. The smallest absolute Gasteiger partial charge is 0.293 e. The molecule has 2 heterocycles. The van der Waals surface area contributed by atoms with E-state index in [-0.39, 0.29) is 16.7 Å². The second-order valence-corrected chi connectivity index (χ2v) is 8.73. The molecule has 27 heavy (non-hydrogen) atoms. The summed E-state index contributed by atoms with van der Waals surface area (Å²) in [5.74, 6) is 0.901. The fourth-order valence-corrected chi connectivity index (χ4v) is 5.22. The van der Waals surface area contributed by atoms with E-state index in [1.54, 1.807) is 13.2 Å². The SMILES string of the molecule is CCN1C(=O)S/C(=C/c2cc3c(cc2OC)N(CC)C(C)(C)CC3C)C1=O. The molecule has 0 bridgehead atoms. The molecule has 146 valence electrons. The van der Waals surface area contributed by atoms with Gasteiger partial charge < -0.3 is 9.64 Å². The summed E-state index contributed by atoms with van der Waals surface area (Å²) in [7, 11) is 1.64. The maximum absolute atomic E-state index is 12.5. The molecule has 2 aliphatic heterocycles. The van der Waals surface area contributed by atoms with Gasteiger partial charge in [0.25, 0.3) is 11.1 Å². The van der Waals surface area contributed by atoms with Crippen LogP contribution in [-0.2, 0) is 4.79 Å². The average Bonchev–Trinajstić information content (AvgIpc) is 2.87. The largest absolute Gasteiger partial charge is 0.496 e. The van der Waals surface area contributed by atoms with Crippen LogP contribution in [0, 0.1) is 0 Å². The van der Waals surface area contributed by atoms with Crippen LogP contribution in [0.15, 0.2) is 17.0 Å². The zero-order chi connectivity index (χ0) is 19.9. The van der Waals surface area contributed by atoms with Crippen molar-refractivity contribution in [1.82, 2.24) is 4.90 Å². The van der Waals surface area contributed by atoms with Crippen molar-refractivity contribution in [3.8, 4) is 5.75 Å². The second-order valence-electron chi connectivity index (χ2n) is 7.74. The first-order chi connectivity index (χ1) is 12.7. The number of amides is 2. The Morgan fingerprint density at radius 1 is 1.26 bits per heavy atom. The predicted molar refractivity (Wildman–Crippen MR) is 111 cm³/mol. The quantitative estimate of drug-likeness (QED) is 0.689. The summed E-state index contributed by atoms with van der Waals surface area (Å²) in [6.07, 6.45) is 2.86. The maximum Gasteiger partial charge on any atom is 0.293 e. The summed E-state index contributed by atoms with van der Waals surface area (Å²) in [4.78, 5) is 28.6. The Kier molecular flexibility index (Phi) is 5.30. The minimum Gasteiger partial charge on any atom is -0.496 e. The molecule has 3 rings (SSSR count). The predicted octanol–water partition coefficient (Wildman–Crippen LogP) is 4.86. The molecular weight excluding hydrogens is 360 g/mol. The molecule has 1 aromatic carbocycles. The molecule has 0 spiro atoms. The number of benzene rings is 1. The summed E-state index contributed by atoms with van der Waals surface area (Å²) in [5.41, 5.74) is 3.38. The lowest BCUT2D eigenvalue weighted by Gasteiger charge is -2.47. The number of hydrogen-bond donors (Lipinski definition) is 0. The zero-order valence-electron chi connectivity index (χ0n) is 17.0. The molecule has 0 aliphatic carbocycles. The van der Waals surface area contributed by atoms with E-state index < -0.39 is 0 Å². The van der Waals surface area contributed by atoms with Gasteiger partial charge in [-0.1, -0.05) is 6.92 Å². The van der Waals surface area contributed by atoms with E-state index in [0.717, 1.165) is 36.0 Å². The molecule has 1 saturated heterocycles. The molecular formula is C21H28N2O3S. The van der Waals surface area contributed by atoms with Crippen LogP contribution in [0.25, 0.3) is 6.08 Å². The number of fused-ring (bicyclic) bond motifs is 1. The number of likely N-dealkylation sites (N-methyl/N-ethyl adjacent to an activating group) is 1. The fraction of sp³-hybridized carbons (Fsp3) is 0.524. The van der Waals surface area contributed by atoms with Crippen molar-refractivity contribution in [2.75, 3.05) is 25.1 Å². The number of rotatable bonds is 4. The van der Waals surface area contributed by atoms with Crippen LogP contribution >= 0.6 is 11.8 Å². The number of nitrogens with zero attached hydrogens (tertiary/aromatic N) is 2. The van der Waals surface area contributed by atoms with E-state index in [4.69, 9.17) is 4.74 Å². The standard InChI is InChI=1S/C21H28N2O3S/c1-7-22-19(24)18(27-20(22)25)10-14-9-15-13(3)12-21(4,5)23(8-2)16(15)11-17(14)26-6/h9-11,13H,7-8,12H2,1-6H3/b18-10+. The first-order valence-corrected chi connectivity index (χ1v) is 10.3. The minimum absolute atomic E-state index is 0.0808. The highest BCUT2D eigenvalue weighted by molar-refractivity contribution is 8.18. The van der Waals surface area contributed by atoms with E-state index >= 15 is 0 Å². The third kappa shape index (κ3) is 3.35. The lowest BCUT2D eigenvalue weighted by atomic mass is 9.79. The summed E-state index contributed by atoms with van der Waals surface area (Å²) >= 11 is 0.996. The normalized spacial score (nSPS) is 23.2. The van der Waals surface area contributed by atoms with Gasteiger partial charge in [0.05, 0.1) is 12.0 Å². The molecule has 6 heteroatoms. The monoisotopic (exact) mass is 388 g/mol. The van der Waals surface area contributed by atoms with Crippen LogP contribution in [0.1, 0.15) is 58.1 Å². The molecule has 0 saturated carbocycles. The Balaban J connectivity index is 2.09. The van der Waals surface area contributed by atoms with Crippen LogP contribution in [0.5, 0.6) is 5.75 Å². The minimum atomic E-state index is -0.225. The second kappa shape index (κ2) is 7.23. The van der Waals surface area contributed by atoms with Crippen LogP contribution in [0.4, 0.5) is 10.5 Å². The van der Waals surface area contributed by atoms with E-state index in [1.807, 2.05) is 6.92 Å². The number of ether oxygens (including phenoxy) is 1. The summed E-state index contributed by atoms with van der Waals surface area (Å²) < 4.78 is 5.64. The Hall–Kier alpha value is -1.95. The molecule has 1 fully saturated rings. The van der Waals surface area contributed by atoms with Gasteiger partial charge in [-0.15, -0.1) is 0 Å². The topological polar surface area (TPSA) is 49.9 Å². The van der Waals surface area contributed by atoms with E-state index in [1.165, 1.54) is 16.2 Å². The Morgan fingerprint density at radius 2 is 1.96 bits per heavy atom. The van der Waals surface area contributed by atoms with Crippen LogP contribution in [0.3, 0.4) is 0 Å². The highest BCUT2D eigenvalue weighted by Gasteiger charge is 2.37. The van der Waals surface area contributed by atoms with E-state index in [9.17, 15) is 9.59 Å². The molecule has 0 radical (unpaired) electrons. The Bertz CT molecular complexity index is 816. The number of carbonyl (C=O) groups is 2. The molecule has 2 amide bonds. The van der Waals surface area contributed by atoms with Gasteiger partial charge >= 0.3 is 0 Å². The van der Waals surface area contributed by atoms with E-state index in [0.29, 0.717) is 17.4 Å². The van der Waals surface area contributed by atoms with Gasteiger partial charge in [-0.3, -0.25) is 14.5 Å². The lowest BCUT2D eigenvalue weighted by Crippen LogP contribution is -2.48. The lowest BCUT2D eigenvalue weighted by molar-refractivity contribution is -0.122. The highest BCUT2D eigenvalue weighted by atomic mass is 32.2. The van der Waals surface area contributed by atoms with Gasteiger partial charge in [-0.25, -0.2) is 0 Å². The van der Waals surface area contributed by atoms with Gasteiger partial charge in [0.15, 0.2) is 0 Å². The van der Waals surface area contributed by atoms with Gasteiger partial charge in [-0.05, 0) is 69.5 Å². The number of carbonyl (C=O) groups excluding carboxylic acids is 2. The van der Waals surface area contributed by atoms with Gasteiger partial charge in [0.1, 0.15) is 5.75 Å². The average molecular weight is 389 g/mol. The van der Waals surface area contributed by atoms with Crippen molar-refractivity contribution in [3.05, 3.63) is 28.2 Å². The third-order valence-corrected chi connectivity index (χ3v) is 6.44. The number of methoxy groups -OCH3 is 1. The van der Waals surface area contributed by atoms with Crippen molar-refractivity contribution in [2.24, 2.45) is 0 Å². The van der Waals surface area contributed by atoms with Crippen molar-refractivity contribution >= 4 is 34.7 Å². The third-order valence-electron chi connectivity index (χ3n) is 5.53. The Morgan fingerprint density at radius 3 is 2.52 bits per heavy atom. The van der Waals surface area contributed by atoms with E-state index in [2.05, 4.69) is 44.7 Å². The molecule has 0 aromatic heterocycles. The van der Waals surface area contributed by atoms with Crippen molar-refractivity contribution in [1.29, 1.82) is 0 Å². The van der Waals surface area contributed by atoms with Crippen LogP contribution in [0.2, 0.25) is 0 Å². The molecule has 0 N–H and O–H groups in total. The van der Waals surface area contributed by atoms with Crippen molar-refractivity contribution < 1.29 is 14.3 Å². The summed E-state index contributed by atoms with van der Waals surface area (Å²) in [6, 6.07) is 4.20. The van der Waals surface area contributed by atoms with Crippen LogP contribution in [-0.4, -0.2) is 41.8 Å².